The van der Waals surface area contributed by atoms with Gasteiger partial charge in [-0.25, -0.2) is 0 Å². The molecule has 0 bridgehead atoms. The first kappa shape index (κ1) is 16.9. The number of carbonyl (C=O) groups is 2. The van der Waals surface area contributed by atoms with Gasteiger partial charge in [0, 0.05) is 57.6 Å². The summed E-state index contributed by atoms with van der Waals surface area (Å²) in [5, 5.41) is 8.96. The summed E-state index contributed by atoms with van der Waals surface area (Å²) in [6.45, 7) is 11.7. The molecule has 6 nitrogen and oxygen atoms in total. The molecule has 0 aromatic heterocycles. The summed E-state index contributed by atoms with van der Waals surface area (Å²) in [5.41, 5.74) is -0.404. The molecule has 1 rings (SSSR count). The first-order chi connectivity index (χ1) is 9.39. The second-order valence-electron chi connectivity index (χ2n) is 6.20. The molecule has 0 atom stereocenters. The van der Waals surface area contributed by atoms with E-state index in [0.29, 0.717) is 19.5 Å². The van der Waals surface area contributed by atoms with Crippen LogP contribution in [0.25, 0.3) is 0 Å². The highest BCUT2D eigenvalue weighted by Crippen LogP contribution is 2.11. The maximum Gasteiger partial charge on any atom is 0.225 e. The van der Waals surface area contributed by atoms with Gasteiger partial charge in [-0.2, -0.15) is 0 Å². The van der Waals surface area contributed by atoms with Crippen LogP contribution in [0.5, 0.6) is 0 Å². The van der Waals surface area contributed by atoms with Crippen LogP contribution in [-0.2, 0) is 9.59 Å². The average Bonchev–Trinajstić information content (AvgIpc) is 2.38. The topological polar surface area (TPSA) is 73.5 Å². The van der Waals surface area contributed by atoms with Gasteiger partial charge >= 0.3 is 0 Å². The Balaban J connectivity index is 2.04. The minimum absolute atomic E-state index is 0.00524. The molecule has 2 amide bonds. The van der Waals surface area contributed by atoms with Crippen LogP contribution in [0, 0.1) is 5.41 Å². The van der Waals surface area contributed by atoms with Gasteiger partial charge in [-0.15, -0.1) is 0 Å². The van der Waals surface area contributed by atoms with E-state index in [0.717, 1.165) is 32.7 Å². The molecule has 0 saturated carbocycles. The molecule has 0 radical (unpaired) electrons. The van der Waals surface area contributed by atoms with Crippen molar-refractivity contribution in [3.63, 3.8) is 0 Å². The Morgan fingerprint density at radius 2 is 1.75 bits per heavy atom. The highest BCUT2D eigenvalue weighted by atomic mass is 16.2. The Morgan fingerprint density at radius 3 is 2.35 bits per heavy atom. The maximum absolute atomic E-state index is 11.6. The van der Waals surface area contributed by atoms with Crippen LogP contribution in [0.1, 0.15) is 27.2 Å². The van der Waals surface area contributed by atoms with Crippen molar-refractivity contribution in [3.05, 3.63) is 0 Å². The van der Waals surface area contributed by atoms with Crippen molar-refractivity contribution >= 4 is 11.8 Å². The first-order valence-electron chi connectivity index (χ1n) is 7.37. The van der Waals surface area contributed by atoms with Gasteiger partial charge in [0.2, 0.25) is 11.8 Å². The quantitative estimate of drug-likeness (QED) is 0.618. The second kappa shape index (κ2) is 8.21. The zero-order valence-electron chi connectivity index (χ0n) is 12.9. The molecular formula is C14H28N4O2. The van der Waals surface area contributed by atoms with Crippen LogP contribution in [0.4, 0.5) is 0 Å². The van der Waals surface area contributed by atoms with Crippen molar-refractivity contribution in [2.24, 2.45) is 5.41 Å². The monoisotopic (exact) mass is 284 g/mol. The van der Waals surface area contributed by atoms with Crippen molar-refractivity contribution < 1.29 is 9.59 Å². The second-order valence-corrected chi connectivity index (χ2v) is 6.20. The lowest BCUT2D eigenvalue weighted by molar-refractivity contribution is -0.128. The highest BCUT2D eigenvalue weighted by Gasteiger charge is 2.20. The lowest BCUT2D eigenvalue weighted by atomic mass is 9.96. The summed E-state index contributed by atoms with van der Waals surface area (Å²) in [6, 6.07) is 0. The fourth-order valence-electron chi connectivity index (χ4n) is 1.93. The molecule has 1 heterocycles. The van der Waals surface area contributed by atoms with Gasteiger partial charge in [0.15, 0.2) is 0 Å². The zero-order valence-corrected chi connectivity index (χ0v) is 12.9. The number of piperazine rings is 1. The number of rotatable bonds is 6. The fraction of sp³-hybridized carbons (Fsp3) is 0.857. The molecule has 1 fully saturated rings. The van der Waals surface area contributed by atoms with E-state index in [4.69, 9.17) is 0 Å². The summed E-state index contributed by atoms with van der Waals surface area (Å²) >= 11 is 0. The van der Waals surface area contributed by atoms with Gasteiger partial charge in [-0.1, -0.05) is 20.8 Å². The number of hydrogen-bond donors (Lipinski definition) is 3. The van der Waals surface area contributed by atoms with Crippen molar-refractivity contribution in [2.45, 2.75) is 27.2 Å². The van der Waals surface area contributed by atoms with Crippen LogP contribution in [0.3, 0.4) is 0 Å². The van der Waals surface area contributed by atoms with Crippen molar-refractivity contribution in [1.29, 1.82) is 0 Å². The van der Waals surface area contributed by atoms with Crippen LogP contribution in [0.2, 0.25) is 0 Å². The molecule has 0 aromatic carbocycles. The first-order valence-corrected chi connectivity index (χ1v) is 7.37. The summed E-state index contributed by atoms with van der Waals surface area (Å²) < 4.78 is 0. The molecule has 20 heavy (non-hydrogen) atoms. The van der Waals surface area contributed by atoms with Gasteiger partial charge in [0.1, 0.15) is 0 Å². The predicted octanol–water partition coefficient (Wildman–Crippen LogP) is -0.440. The van der Waals surface area contributed by atoms with E-state index in [1.807, 2.05) is 20.8 Å². The lowest BCUT2D eigenvalue weighted by Gasteiger charge is -2.27. The predicted molar refractivity (Wildman–Crippen MR) is 79.4 cm³/mol. The van der Waals surface area contributed by atoms with Crippen LogP contribution in [0.15, 0.2) is 0 Å². The number of nitrogens with zero attached hydrogens (tertiary/aromatic N) is 1. The van der Waals surface area contributed by atoms with Crippen LogP contribution >= 0.6 is 0 Å². The van der Waals surface area contributed by atoms with Gasteiger partial charge in [-0.05, 0) is 0 Å². The standard InChI is InChI=1S/C14H28N4O2/c1-14(2,3)13(20)17-5-4-12(19)16-8-11-18-9-6-15-7-10-18/h15H,4-11H2,1-3H3,(H,16,19)(H,17,20). The summed E-state index contributed by atoms with van der Waals surface area (Å²) in [6.07, 6.45) is 0.337. The van der Waals surface area contributed by atoms with Gasteiger partial charge in [-0.3, -0.25) is 14.5 Å². The van der Waals surface area contributed by atoms with Crippen molar-refractivity contribution in [2.75, 3.05) is 45.8 Å². The molecule has 6 heteroatoms. The molecule has 0 unspecified atom stereocenters. The third-order valence-corrected chi connectivity index (χ3v) is 3.28. The fourth-order valence-corrected chi connectivity index (χ4v) is 1.93. The highest BCUT2D eigenvalue weighted by molar-refractivity contribution is 5.82. The van der Waals surface area contributed by atoms with E-state index >= 15 is 0 Å². The van der Waals surface area contributed by atoms with E-state index in [1.165, 1.54) is 0 Å². The third-order valence-electron chi connectivity index (χ3n) is 3.28. The molecule has 3 N–H and O–H groups in total. The van der Waals surface area contributed by atoms with E-state index in [1.54, 1.807) is 0 Å². The molecule has 1 aliphatic heterocycles. The Bertz CT molecular complexity index is 320. The van der Waals surface area contributed by atoms with Crippen molar-refractivity contribution in [1.82, 2.24) is 20.9 Å². The lowest BCUT2D eigenvalue weighted by Crippen LogP contribution is -2.46. The summed E-state index contributed by atoms with van der Waals surface area (Å²) in [5.74, 6) is -0.0274. The third kappa shape index (κ3) is 6.86. The molecule has 0 aliphatic carbocycles. The minimum Gasteiger partial charge on any atom is -0.355 e. The molecule has 116 valence electrons. The van der Waals surface area contributed by atoms with E-state index in [2.05, 4.69) is 20.9 Å². The largest absolute Gasteiger partial charge is 0.355 e. The maximum atomic E-state index is 11.6. The van der Waals surface area contributed by atoms with Crippen LogP contribution in [-0.4, -0.2) is 62.5 Å². The van der Waals surface area contributed by atoms with E-state index < -0.39 is 5.41 Å². The Kier molecular flexibility index (Phi) is 6.95. The SMILES string of the molecule is CC(C)(C)C(=O)NCCC(=O)NCCN1CCNCC1. The number of hydrogen-bond acceptors (Lipinski definition) is 4. The zero-order chi connectivity index (χ0) is 15.0. The molecular weight excluding hydrogens is 256 g/mol. The van der Waals surface area contributed by atoms with Gasteiger partial charge in [0.05, 0.1) is 0 Å². The Morgan fingerprint density at radius 1 is 1.10 bits per heavy atom. The number of nitrogens with one attached hydrogen (secondary N) is 3. The van der Waals surface area contributed by atoms with Crippen molar-refractivity contribution in [3.8, 4) is 0 Å². The Hall–Kier alpha value is -1.14. The van der Waals surface area contributed by atoms with Gasteiger partial charge < -0.3 is 16.0 Å². The molecule has 1 saturated heterocycles. The van der Waals surface area contributed by atoms with Crippen LogP contribution < -0.4 is 16.0 Å². The molecule has 0 spiro atoms. The molecule has 0 aromatic rings. The number of amides is 2. The Labute approximate surface area is 121 Å². The van der Waals surface area contributed by atoms with E-state index in [9.17, 15) is 9.59 Å². The minimum atomic E-state index is -0.404. The smallest absolute Gasteiger partial charge is 0.225 e. The number of carbonyl (C=O) groups excluding carboxylic acids is 2. The van der Waals surface area contributed by atoms with E-state index in [-0.39, 0.29) is 11.8 Å². The average molecular weight is 284 g/mol. The van der Waals surface area contributed by atoms with Gasteiger partial charge in [0.25, 0.3) is 0 Å². The molecule has 1 aliphatic rings. The summed E-state index contributed by atoms with van der Waals surface area (Å²) in [4.78, 5) is 25.6. The summed E-state index contributed by atoms with van der Waals surface area (Å²) in [7, 11) is 0. The normalized spacial score (nSPS) is 16.8.